The maximum absolute atomic E-state index is 3.63. The topological polar surface area (TPSA) is 12.0 Å². The molecule has 0 spiro atoms. The van der Waals surface area contributed by atoms with Crippen molar-refractivity contribution in [1.29, 1.82) is 0 Å². The van der Waals surface area contributed by atoms with E-state index in [-0.39, 0.29) is 0 Å². The van der Waals surface area contributed by atoms with E-state index in [1.54, 1.807) is 0 Å². The van der Waals surface area contributed by atoms with Crippen LogP contribution in [0.15, 0.2) is 29.2 Å². The lowest BCUT2D eigenvalue weighted by molar-refractivity contribution is 0.329. The van der Waals surface area contributed by atoms with Crippen LogP contribution in [0.4, 0.5) is 0 Å². The fourth-order valence-corrected chi connectivity index (χ4v) is 3.35. The van der Waals surface area contributed by atoms with Gasteiger partial charge < -0.3 is 5.32 Å². The molecule has 1 N–H and O–H groups in total. The molecule has 94 valence electrons. The van der Waals surface area contributed by atoms with Crippen molar-refractivity contribution in [3.63, 3.8) is 0 Å². The second kappa shape index (κ2) is 5.45. The Morgan fingerprint density at radius 2 is 2.12 bits per heavy atom. The average molecular weight is 249 g/mol. The molecule has 1 aliphatic heterocycles. The van der Waals surface area contributed by atoms with Crippen LogP contribution in [0.3, 0.4) is 0 Å². The van der Waals surface area contributed by atoms with E-state index in [2.05, 4.69) is 50.4 Å². The van der Waals surface area contributed by atoms with E-state index in [1.165, 1.54) is 23.3 Å². The number of thioether (sulfide) groups is 1. The molecule has 0 amide bonds. The van der Waals surface area contributed by atoms with Gasteiger partial charge in [-0.15, -0.1) is 11.8 Å². The first-order valence-electron chi connectivity index (χ1n) is 6.56. The van der Waals surface area contributed by atoms with Gasteiger partial charge in [-0.25, -0.2) is 0 Å². The van der Waals surface area contributed by atoms with E-state index in [9.17, 15) is 0 Å². The maximum Gasteiger partial charge on any atom is 0.0260 e. The van der Waals surface area contributed by atoms with Gasteiger partial charge in [-0.3, -0.25) is 0 Å². The summed E-state index contributed by atoms with van der Waals surface area (Å²) in [6.07, 6.45) is 2.46. The Hall–Kier alpha value is -0.470. The predicted molar refractivity (Wildman–Crippen MR) is 76.7 cm³/mol. The van der Waals surface area contributed by atoms with E-state index in [1.807, 2.05) is 11.8 Å². The Bertz CT molecular complexity index is 348. The van der Waals surface area contributed by atoms with Crippen molar-refractivity contribution in [2.45, 2.75) is 43.8 Å². The molecule has 1 nitrogen and oxygen atoms in total. The van der Waals surface area contributed by atoms with Gasteiger partial charge in [0.05, 0.1) is 0 Å². The van der Waals surface area contributed by atoms with Crippen LogP contribution in [0.2, 0.25) is 0 Å². The lowest BCUT2D eigenvalue weighted by Crippen LogP contribution is -2.33. The first-order valence-corrected chi connectivity index (χ1v) is 7.44. The van der Waals surface area contributed by atoms with Crippen LogP contribution < -0.4 is 5.32 Å². The van der Waals surface area contributed by atoms with Gasteiger partial charge in [0, 0.05) is 23.2 Å². The van der Waals surface area contributed by atoms with Gasteiger partial charge in [0.1, 0.15) is 0 Å². The lowest BCUT2D eigenvalue weighted by atomic mass is 9.90. The Labute approximate surface area is 109 Å². The van der Waals surface area contributed by atoms with Crippen LogP contribution in [0, 0.1) is 5.41 Å². The molecule has 2 heteroatoms. The largest absolute Gasteiger partial charge is 0.315 e. The second-order valence-electron chi connectivity index (χ2n) is 5.70. The minimum Gasteiger partial charge on any atom is -0.315 e. The molecule has 1 aliphatic rings. The van der Waals surface area contributed by atoms with Crippen LogP contribution in [-0.2, 0) is 6.42 Å². The van der Waals surface area contributed by atoms with Crippen LogP contribution in [0.1, 0.15) is 32.8 Å². The van der Waals surface area contributed by atoms with E-state index in [0.29, 0.717) is 5.41 Å². The molecule has 0 aromatic heterocycles. The summed E-state index contributed by atoms with van der Waals surface area (Å²) in [4.78, 5) is 1.48. The Kier molecular flexibility index (Phi) is 4.16. The summed E-state index contributed by atoms with van der Waals surface area (Å²) in [5.41, 5.74) is 1.95. The van der Waals surface area contributed by atoms with Crippen molar-refractivity contribution >= 4 is 11.8 Å². The van der Waals surface area contributed by atoms with E-state index >= 15 is 0 Å². The zero-order valence-corrected chi connectivity index (χ0v) is 11.9. The fourth-order valence-electron chi connectivity index (χ4n) is 2.06. The number of rotatable bonds is 5. The van der Waals surface area contributed by atoms with Gasteiger partial charge in [-0.1, -0.05) is 39.0 Å². The normalized spacial score (nSPS) is 19.4. The molecule has 2 rings (SSSR count). The van der Waals surface area contributed by atoms with Crippen LogP contribution in [0.5, 0.6) is 0 Å². The summed E-state index contributed by atoms with van der Waals surface area (Å²) in [7, 11) is 0. The molecule has 0 saturated carbocycles. The van der Waals surface area contributed by atoms with Gasteiger partial charge in [0.2, 0.25) is 0 Å². The minimum atomic E-state index is 0.427. The van der Waals surface area contributed by atoms with Crippen LogP contribution in [0.25, 0.3) is 0 Å². The first kappa shape index (κ1) is 13.0. The van der Waals surface area contributed by atoms with Crippen LogP contribution >= 0.6 is 11.8 Å². The highest BCUT2D eigenvalue weighted by atomic mass is 32.2. The van der Waals surface area contributed by atoms with Gasteiger partial charge in [0.25, 0.3) is 0 Å². The smallest absolute Gasteiger partial charge is 0.0260 e. The van der Waals surface area contributed by atoms with Crippen molar-refractivity contribution in [2.75, 3.05) is 13.1 Å². The summed E-state index contributed by atoms with van der Waals surface area (Å²) < 4.78 is 0. The number of hydrogen-bond acceptors (Lipinski definition) is 2. The zero-order chi connectivity index (χ0) is 12.3. The summed E-state index contributed by atoms with van der Waals surface area (Å²) in [6, 6.07) is 8.80. The van der Waals surface area contributed by atoms with E-state index < -0.39 is 0 Å². The molecule has 1 unspecified atom stereocenters. The third-order valence-electron chi connectivity index (χ3n) is 3.65. The SMILES string of the molecule is CCC(C)(C)CNCC1Cc2ccccc2S1. The van der Waals surface area contributed by atoms with Crippen molar-refractivity contribution in [3.8, 4) is 0 Å². The number of benzene rings is 1. The highest BCUT2D eigenvalue weighted by Gasteiger charge is 2.22. The van der Waals surface area contributed by atoms with Crippen LogP contribution in [-0.4, -0.2) is 18.3 Å². The van der Waals surface area contributed by atoms with Crippen molar-refractivity contribution in [2.24, 2.45) is 5.41 Å². The molecule has 1 atom stereocenters. The van der Waals surface area contributed by atoms with E-state index in [0.717, 1.165) is 18.3 Å². The molecule has 1 heterocycles. The molecule has 0 bridgehead atoms. The number of fused-ring (bicyclic) bond motifs is 1. The summed E-state index contributed by atoms with van der Waals surface area (Å²) in [5, 5.41) is 4.35. The molecular formula is C15H23NS. The highest BCUT2D eigenvalue weighted by Crippen LogP contribution is 2.36. The van der Waals surface area contributed by atoms with Gasteiger partial charge in [0.15, 0.2) is 0 Å². The van der Waals surface area contributed by atoms with E-state index in [4.69, 9.17) is 0 Å². The maximum atomic E-state index is 3.63. The molecule has 17 heavy (non-hydrogen) atoms. The Morgan fingerprint density at radius 1 is 1.35 bits per heavy atom. The standard InChI is InChI=1S/C15H23NS/c1-4-15(2,3)11-16-10-13-9-12-7-5-6-8-14(12)17-13/h5-8,13,16H,4,9-11H2,1-3H3. The summed E-state index contributed by atoms with van der Waals surface area (Å²) >= 11 is 2.03. The second-order valence-corrected chi connectivity index (χ2v) is 7.04. The monoisotopic (exact) mass is 249 g/mol. The molecule has 1 aromatic rings. The molecule has 0 saturated heterocycles. The third-order valence-corrected chi connectivity index (χ3v) is 4.97. The minimum absolute atomic E-state index is 0.427. The number of nitrogens with one attached hydrogen (secondary N) is 1. The highest BCUT2D eigenvalue weighted by molar-refractivity contribution is 8.00. The summed E-state index contributed by atoms with van der Waals surface area (Å²) in [6.45, 7) is 9.18. The van der Waals surface area contributed by atoms with Gasteiger partial charge >= 0.3 is 0 Å². The Balaban J connectivity index is 1.77. The van der Waals surface area contributed by atoms with Crippen molar-refractivity contribution in [1.82, 2.24) is 5.32 Å². The van der Waals surface area contributed by atoms with Gasteiger partial charge in [-0.05, 0) is 29.9 Å². The molecule has 0 fully saturated rings. The summed E-state index contributed by atoms with van der Waals surface area (Å²) in [5.74, 6) is 0. The zero-order valence-electron chi connectivity index (χ0n) is 11.1. The molecule has 1 aromatic carbocycles. The van der Waals surface area contributed by atoms with Gasteiger partial charge in [-0.2, -0.15) is 0 Å². The first-order chi connectivity index (χ1) is 8.11. The molecular weight excluding hydrogens is 226 g/mol. The third kappa shape index (κ3) is 3.49. The number of hydrogen-bond donors (Lipinski definition) is 1. The molecule has 0 radical (unpaired) electrons. The predicted octanol–water partition coefficient (Wildman–Crippen LogP) is 3.73. The quantitative estimate of drug-likeness (QED) is 0.853. The van der Waals surface area contributed by atoms with Crippen molar-refractivity contribution < 1.29 is 0 Å². The lowest BCUT2D eigenvalue weighted by Gasteiger charge is -2.23. The average Bonchev–Trinajstić information content (AvgIpc) is 2.71. The van der Waals surface area contributed by atoms with Crippen molar-refractivity contribution in [3.05, 3.63) is 29.8 Å². The molecule has 0 aliphatic carbocycles. The Morgan fingerprint density at radius 3 is 2.82 bits per heavy atom. The fraction of sp³-hybridized carbons (Fsp3) is 0.600.